The van der Waals surface area contributed by atoms with Crippen LogP contribution in [0.1, 0.15) is 51.8 Å². The first-order chi connectivity index (χ1) is 15.9. The van der Waals surface area contributed by atoms with Crippen molar-refractivity contribution < 1.29 is 23.4 Å². The van der Waals surface area contributed by atoms with Crippen LogP contribution in [0.15, 0.2) is 54.6 Å². The second-order valence-electron chi connectivity index (χ2n) is 7.86. The van der Waals surface area contributed by atoms with Gasteiger partial charge in [0.15, 0.2) is 0 Å². The van der Waals surface area contributed by atoms with E-state index in [0.717, 1.165) is 25.0 Å². The second kappa shape index (κ2) is 9.80. The van der Waals surface area contributed by atoms with E-state index in [-0.39, 0.29) is 17.0 Å². The Bertz CT molecular complexity index is 1230. The van der Waals surface area contributed by atoms with E-state index in [4.69, 9.17) is 4.74 Å². The number of phenols is 1. The standard InChI is InChI=1S/C26H22F2N2O3/c1-16-13-17(3-2-12-33-21-9-10-21)14-23(29-16)26(32)30-25(18-4-6-19(27)7-5-18)22-15-20(28)8-11-24(22)31/h4-8,11,13-15,21,25,31H,9-10,12H2,1H3,(H,30,32). The summed E-state index contributed by atoms with van der Waals surface area (Å²) in [6.07, 6.45) is 2.44. The molecule has 1 aromatic heterocycles. The summed E-state index contributed by atoms with van der Waals surface area (Å²) in [5, 5.41) is 13.1. The molecule has 0 radical (unpaired) electrons. The van der Waals surface area contributed by atoms with E-state index < -0.39 is 23.6 Å². The van der Waals surface area contributed by atoms with E-state index >= 15 is 0 Å². The van der Waals surface area contributed by atoms with Crippen LogP contribution in [0.2, 0.25) is 0 Å². The van der Waals surface area contributed by atoms with Gasteiger partial charge in [0.1, 0.15) is 29.7 Å². The lowest BCUT2D eigenvalue weighted by Crippen LogP contribution is -2.30. The largest absolute Gasteiger partial charge is 0.508 e. The van der Waals surface area contributed by atoms with E-state index in [9.17, 15) is 18.7 Å². The lowest BCUT2D eigenvalue weighted by Gasteiger charge is -2.21. The minimum atomic E-state index is -0.933. The number of carbonyl (C=O) groups excluding carboxylic acids is 1. The van der Waals surface area contributed by atoms with Crippen molar-refractivity contribution in [1.29, 1.82) is 0 Å². The van der Waals surface area contributed by atoms with Gasteiger partial charge in [-0.05, 0) is 67.8 Å². The zero-order chi connectivity index (χ0) is 23.4. The number of aromatic hydroxyl groups is 1. The Balaban J connectivity index is 1.61. The van der Waals surface area contributed by atoms with Crippen LogP contribution in [0.25, 0.3) is 0 Å². The summed E-state index contributed by atoms with van der Waals surface area (Å²) in [6.45, 7) is 2.07. The molecule has 1 fully saturated rings. The Labute approximate surface area is 190 Å². The van der Waals surface area contributed by atoms with E-state index in [1.54, 1.807) is 19.1 Å². The Kier molecular flexibility index (Phi) is 6.66. The minimum Gasteiger partial charge on any atom is -0.508 e. The highest BCUT2D eigenvalue weighted by atomic mass is 19.1. The van der Waals surface area contributed by atoms with Crippen molar-refractivity contribution in [1.82, 2.24) is 10.3 Å². The highest BCUT2D eigenvalue weighted by Gasteiger charge is 2.23. The lowest BCUT2D eigenvalue weighted by atomic mass is 9.97. The molecular weight excluding hydrogens is 426 g/mol. The number of hydrogen-bond acceptors (Lipinski definition) is 4. The van der Waals surface area contributed by atoms with Gasteiger partial charge in [-0.3, -0.25) is 4.79 Å². The predicted molar refractivity (Wildman–Crippen MR) is 119 cm³/mol. The maximum atomic E-state index is 13.9. The van der Waals surface area contributed by atoms with E-state index in [0.29, 0.717) is 29.5 Å². The molecule has 5 nitrogen and oxygen atoms in total. The number of phenolic OH excluding ortho intramolecular Hbond substituents is 1. The fourth-order valence-corrected chi connectivity index (χ4v) is 3.35. The Morgan fingerprint density at radius 1 is 1.15 bits per heavy atom. The van der Waals surface area contributed by atoms with Gasteiger partial charge < -0.3 is 15.2 Å². The summed E-state index contributed by atoms with van der Waals surface area (Å²) >= 11 is 0. The van der Waals surface area contributed by atoms with E-state index in [2.05, 4.69) is 22.1 Å². The molecule has 1 aliphatic carbocycles. The number of benzene rings is 2. The van der Waals surface area contributed by atoms with Crippen molar-refractivity contribution >= 4 is 5.91 Å². The number of halogens is 2. The average molecular weight is 448 g/mol. The summed E-state index contributed by atoms with van der Waals surface area (Å²) < 4.78 is 32.9. The number of nitrogens with zero attached hydrogens (tertiary/aromatic N) is 1. The van der Waals surface area contributed by atoms with Crippen molar-refractivity contribution in [2.45, 2.75) is 31.9 Å². The van der Waals surface area contributed by atoms with E-state index in [1.807, 2.05) is 0 Å². The molecule has 1 amide bonds. The number of aromatic nitrogens is 1. The Hall–Kier alpha value is -3.76. The Morgan fingerprint density at radius 2 is 1.88 bits per heavy atom. The van der Waals surface area contributed by atoms with Gasteiger partial charge in [0.25, 0.3) is 5.91 Å². The quantitative estimate of drug-likeness (QED) is 0.548. The topological polar surface area (TPSA) is 71.5 Å². The van der Waals surface area contributed by atoms with Crippen LogP contribution in [0, 0.1) is 30.4 Å². The number of nitrogens with one attached hydrogen (secondary N) is 1. The number of amides is 1. The first kappa shape index (κ1) is 22.4. The molecule has 3 aromatic rings. The third-order valence-corrected chi connectivity index (χ3v) is 5.11. The summed E-state index contributed by atoms with van der Waals surface area (Å²) in [5.74, 6) is 4.13. The van der Waals surface area contributed by atoms with Crippen LogP contribution in [0.4, 0.5) is 8.78 Å². The van der Waals surface area contributed by atoms with Crippen molar-refractivity contribution in [2.24, 2.45) is 0 Å². The van der Waals surface area contributed by atoms with Crippen LogP contribution in [0.3, 0.4) is 0 Å². The fraction of sp³-hybridized carbons (Fsp3) is 0.231. The lowest BCUT2D eigenvalue weighted by molar-refractivity contribution is 0.0937. The number of pyridine rings is 1. The molecular formula is C26H22F2N2O3. The Morgan fingerprint density at radius 3 is 2.61 bits per heavy atom. The van der Waals surface area contributed by atoms with Crippen LogP contribution in [-0.2, 0) is 4.74 Å². The van der Waals surface area contributed by atoms with Gasteiger partial charge in [0, 0.05) is 16.8 Å². The molecule has 168 valence electrons. The van der Waals surface area contributed by atoms with Crippen molar-refractivity contribution in [2.75, 3.05) is 6.61 Å². The maximum Gasteiger partial charge on any atom is 0.270 e. The molecule has 0 aliphatic heterocycles. The van der Waals surface area contributed by atoms with Crippen LogP contribution < -0.4 is 5.32 Å². The third-order valence-electron chi connectivity index (χ3n) is 5.11. The molecule has 1 unspecified atom stereocenters. The number of rotatable bonds is 6. The molecule has 1 atom stereocenters. The summed E-state index contributed by atoms with van der Waals surface area (Å²) in [4.78, 5) is 17.4. The monoisotopic (exact) mass is 448 g/mol. The maximum absolute atomic E-state index is 13.9. The number of ether oxygens (including phenoxy) is 1. The molecule has 1 aliphatic rings. The molecule has 2 aromatic carbocycles. The average Bonchev–Trinajstić information content (AvgIpc) is 3.62. The van der Waals surface area contributed by atoms with Gasteiger partial charge in [-0.1, -0.05) is 24.0 Å². The first-order valence-corrected chi connectivity index (χ1v) is 10.5. The van der Waals surface area contributed by atoms with Gasteiger partial charge in [0.2, 0.25) is 0 Å². The predicted octanol–water partition coefficient (Wildman–Crippen LogP) is 4.42. The molecule has 7 heteroatoms. The second-order valence-corrected chi connectivity index (χ2v) is 7.86. The molecule has 1 heterocycles. The normalized spacial score (nSPS) is 13.7. The molecule has 33 heavy (non-hydrogen) atoms. The van der Waals surface area contributed by atoms with Crippen LogP contribution in [0.5, 0.6) is 5.75 Å². The molecule has 2 N–H and O–H groups in total. The first-order valence-electron chi connectivity index (χ1n) is 10.5. The molecule has 1 saturated carbocycles. The fourth-order valence-electron chi connectivity index (χ4n) is 3.35. The van der Waals surface area contributed by atoms with Gasteiger partial charge >= 0.3 is 0 Å². The zero-order valence-electron chi connectivity index (χ0n) is 17.9. The van der Waals surface area contributed by atoms with Gasteiger partial charge in [-0.2, -0.15) is 0 Å². The van der Waals surface area contributed by atoms with Crippen molar-refractivity contribution in [3.63, 3.8) is 0 Å². The third kappa shape index (κ3) is 5.93. The van der Waals surface area contributed by atoms with Crippen LogP contribution in [-0.4, -0.2) is 28.7 Å². The van der Waals surface area contributed by atoms with Gasteiger partial charge in [-0.25, -0.2) is 13.8 Å². The van der Waals surface area contributed by atoms with Crippen molar-refractivity contribution in [3.8, 4) is 17.6 Å². The number of aryl methyl sites for hydroxylation is 1. The highest BCUT2D eigenvalue weighted by molar-refractivity contribution is 5.93. The van der Waals surface area contributed by atoms with Gasteiger partial charge in [-0.15, -0.1) is 0 Å². The summed E-state index contributed by atoms with van der Waals surface area (Å²) in [5.41, 5.74) is 1.93. The highest BCUT2D eigenvalue weighted by Crippen LogP contribution is 2.30. The zero-order valence-corrected chi connectivity index (χ0v) is 17.9. The summed E-state index contributed by atoms with van der Waals surface area (Å²) in [6, 6.07) is 11.2. The SMILES string of the molecule is Cc1cc(C#CCOC2CC2)cc(C(=O)NC(c2ccc(F)cc2)c2cc(F)ccc2O)n1. The number of carbonyl (C=O) groups is 1. The van der Waals surface area contributed by atoms with E-state index in [1.165, 1.54) is 30.3 Å². The van der Waals surface area contributed by atoms with Gasteiger partial charge in [0.05, 0.1) is 12.1 Å². The minimum absolute atomic E-state index is 0.116. The molecule has 0 bridgehead atoms. The van der Waals surface area contributed by atoms with Crippen molar-refractivity contribution in [3.05, 3.63) is 94.3 Å². The molecule has 4 rings (SSSR count). The molecule has 0 saturated heterocycles. The number of hydrogen-bond donors (Lipinski definition) is 2. The van der Waals surface area contributed by atoms with Crippen LogP contribution >= 0.6 is 0 Å². The molecule has 0 spiro atoms. The smallest absolute Gasteiger partial charge is 0.270 e. The summed E-state index contributed by atoms with van der Waals surface area (Å²) in [7, 11) is 0.